The summed E-state index contributed by atoms with van der Waals surface area (Å²) in [5.74, 6) is 0.924. The third-order valence-corrected chi connectivity index (χ3v) is 3.27. The normalized spacial score (nSPS) is 11.9. The molecule has 2 aromatic carbocycles. The molecule has 0 aliphatic carbocycles. The molecule has 2 aromatic rings. The zero-order valence-electron chi connectivity index (χ0n) is 12.5. The molecule has 2 heteroatoms. The standard InChI is InChI=1S/C18H23NO/c1-4-12-20-18-7-5-6-17(13-18)19-15(3)16-10-8-14(2)9-11-16/h5-11,13,15,19H,4,12H2,1-3H3. The van der Waals surface area contributed by atoms with Crippen molar-refractivity contribution in [2.24, 2.45) is 0 Å². The predicted octanol–water partition coefficient (Wildman–Crippen LogP) is 4.96. The average molecular weight is 269 g/mol. The van der Waals surface area contributed by atoms with Gasteiger partial charge in [0.15, 0.2) is 0 Å². The lowest BCUT2D eigenvalue weighted by atomic mass is 10.1. The van der Waals surface area contributed by atoms with Crippen molar-refractivity contribution in [1.29, 1.82) is 0 Å². The van der Waals surface area contributed by atoms with E-state index in [1.165, 1.54) is 11.1 Å². The van der Waals surface area contributed by atoms with Crippen molar-refractivity contribution < 1.29 is 4.74 Å². The third kappa shape index (κ3) is 4.02. The van der Waals surface area contributed by atoms with Crippen LogP contribution in [0, 0.1) is 6.92 Å². The van der Waals surface area contributed by atoms with Gasteiger partial charge >= 0.3 is 0 Å². The summed E-state index contributed by atoms with van der Waals surface area (Å²) in [5.41, 5.74) is 3.66. The Morgan fingerprint density at radius 2 is 1.85 bits per heavy atom. The van der Waals surface area contributed by atoms with Crippen molar-refractivity contribution >= 4 is 5.69 Å². The van der Waals surface area contributed by atoms with Gasteiger partial charge in [-0.2, -0.15) is 0 Å². The molecular formula is C18H23NO. The molecule has 0 saturated carbocycles. The molecule has 0 aromatic heterocycles. The summed E-state index contributed by atoms with van der Waals surface area (Å²) < 4.78 is 5.66. The van der Waals surface area contributed by atoms with Gasteiger partial charge in [-0.3, -0.25) is 0 Å². The van der Waals surface area contributed by atoms with Crippen molar-refractivity contribution in [3.05, 3.63) is 59.7 Å². The molecule has 0 heterocycles. The van der Waals surface area contributed by atoms with Crippen LogP contribution in [0.15, 0.2) is 48.5 Å². The van der Waals surface area contributed by atoms with Crippen molar-refractivity contribution in [3.63, 3.8) is 0 Å². The van der Waals surface area contributed by atoms with Gasteiger partial charge in [0.25, 0.3) is 0 Å². The number of anilines is 1. The van der Waals surface area contributed by atoms with Gasteiger partial charge in [0.05, 0.1) is 6.61 Å². The average Bonchev–Trinajstić information content (AvgIpc) is 2.46. The molecule has 20 heavy (non-hydrogen) atoms. The second kappa shape index (κ2) is 6.99. The van der Waals surface area contributed by atoms with Gasteiger partial charge in [0, 0.05) is 17.8 Å². The van der Waals surface area contributed by atoms with E-state index in [-0.39, 0.29) is 6.04 Å². The van der Waals surface area contributed by atoms with E-state index in [0.717, 1.165) is 24.5 Å². The number of rotatable bonds is 6. The summed E-state index contributed by atoms with van der Waals surface area (Å²) >= 11 is 0. The van der Waals surface area contributed by atoms with E-state index in [0.29, 0.717) is 0 Å². The van der Waals surface area contributed by atoms with E-state index in [2.05, 4.69) is 62.5 Å². The van der Waals surface area contributed by atoms with Crippen LogP contribution in [0.4, 0.5) is 5.69 Å². The molecule has 0 fully saturated rings. The van der Waals surface area contributed by atoms with Crippen molar-refractivity contribution in [3.8, 4) is 5.75 Å². The van der Waals surface area contributed by atoms with Gasteiger partial charge in [-0.25, -0.2) is 0 Å². The Morgan fingerprint density at radius 3 is 2.55 bits per heavy atom. The van der Waals surface area contributed by atoms with Gasteiger partial charge in [-0.1, -0.05) is 42.8 Å². The number of aryl methyl sites for hydroxylation is 1. The van der Waals surface area contributed by atoms with Crippen LogP contribution in [0.2, 0.25) is 0 Å². The van der Waals surface area contributed by atoms with E-state index in [1.54, 1.807) is 0 Å². The smallest absolute Gasteiger partial charge is 0.121 e. The van der Waals surface area contributed by atoms with Gasteiger partial charge in [0.1, 0.15) is 5.75 Å². The van der Waals surface area contributed by atoms with Crippen LogP contribution in [0.3, 0.4) is 0 Å². The van der Waals surface area contributed by atoms with Crippen LogP contribution < -0.4 is 10.1 Å². The van der Waals surface area contributed by atoms with E-state index >= 15 is 0 Å². The molecular weight excluding hydrogens is 246 g/mol. The van der Waals surface area contributed by atoms with Crippen LogP contribution in [0.5, 0.6) is 5.75 Å². The van der Waals surface area contributed by atoms with Crippen LogP contribution in [-0.2, 0) is 0 Å². The molecule has 1 atom stereocenters. The molecule has 0 aliphatic rings. The highest BCUT2D eigenvalue weighted by Crippen LogP contribution is 2.23. The Morgan fingerprint density at radius 1 is 1.10 bits per heavy atom. The van der Waals surface area contributed by atoms with Crippen LogP contribution in [-0.4, -0.2) is 6.61 Å². The first-order chi connectivity index (χ1) is 9.69. The SMILES string of the molecule is CCCOc1cccc(NC(C)c2ccc(C)cc2)c1. The highest BCUT2D eigenvalue weighted by molar-refractivity contribution is 5.49. The minimum Gasteiger partial charge on any atom is -0.494 e. The molecule has 0 saturated heterocycles. The first-order valence-corrected chi connectivity index (χ1v) is 7.25. The Hall–Kier alpha value is -1.96. The number of hydrogen-bond donors (Lipinski definition) is 1. The number of nitrogens with one attached hydrogen (secondary N) is 1. The lowest BCUT2D eigenvalue weighted by Gasteiger charge is -2.16. The molecule has 0 bridgehead atoms. The summed E-state index contributed by atoms with van der Waals surface area (Å²) in [6.07, 6.45) is 1.03. The quantitative estimate of drug-likeness (QED) is 0.800. The monoisotopic (exact) mass is 269 g/mol. The van der Waals surface area contributed by atoms with Crippen molar-refractivity contribution in [1.82, 2.24) is 0 Å². The summed E-state index contributed by atoms with van der Waals surface area (Å²) in [6, 6.07) is 17.1. The molecule has 0 radical (unpaired) electrons. The zero-order valence-corrected chi connectivity index (χ0v) is 12.5. The molecule has 2 nitrogen and oxygen atoms in total. The maximum absolute atomic E-state index is 5.66. The minimum absolute atomic E-state index is 0.275. The first-order valence-electron chi connectivity index (χ1n) is 7.25. The Balaban J connectivity index is 2.03. The molecule has 106 valence electrons. The maximum atomic E-state index is 5.66. The molecule has 1 N–H and O–H groups in total. The number of ether oxygens (including phenoxy) is 1. The lowest BCUT2D eigenvalue weighted by molar-refractivity contribution is 0.317. The highest BCUT2D eigenvalue weighted by Gasteiger charge is 2.05. The van der Waals surface area contributed by atoms with Crippen molar-refractivity contribution in [2.75, 3.05) is 11.9 Å². The Bertz CT molecular complexity index is 533. The minimum atomic E-state index is 0.275. The summed E-state index contributed by atoms with van der Waals surface area (Å²) in [4.78, 5) is 0. The fourth-order valence-corrected chi connectivity index (χ4v) is 2.08. The van der Waals surface area contributed by atoms with E-state index in [9.17, 15) is 0 Å². The van der Waals surface area contributed by atoms with Gasteiger partial charge < -0.3 is 10.1 Å². The highest BCUT2D eigenvalue weighted by atomic mass is 16.5. The van der Waals surface area contributed by atoms with Crippen LogP contribution in [0.25, 0.3) is 0 Å². The summed E-state index contributed by atoms with van der Waals surface area (Å²) in [7, 11) is 0. The molecule has 0 spiro atoms. The summed E-state index contributed by atoms with van der Waals surface area (Å²) in [6.45, 7) is 7.15. The second-order valence-corrected chi connectivity index (χ2v) is 5.15. The lowest BCUT2D eigenvalue weighted by Crippen LogP contribution is -2.06. The fourth-order valence-electron chi connectivity index (χ4n) is 2.08. The van der Waals surface area contributed by atoms with Crippen molar-refractivity contribution in [2.45, 2.75) is 33.2 Å². The zero-order chi connectivity index (χ0) is 14.4. The summed E-state index contributed by atoms with van der Waals surface area (Å²) in [5, 5.41) is 3.51. The van der Waals surface area contributed by atoms with Gasteiger partial charge in [-0.15, -0.1) is 0 Å². The van der Waals surface area contributed by atoms with E-state index < -0.39 is 0 Å². The second-order valence-electron chi connectivity index (χ2n) is 5.15. The molecule has 1 unspecified atom stereocenters. The Kier molecular flexibility index (Phi) is 5.05. The van der Waals surface area contributed by atoms with Crippen LogP contribution >= 0.6 is 0 Å². The largest absolute Gasteiger partial charge is 0.494 e. The van der Waals surface area contributed by atoms with E-state index in [1.807, 2.05) is 12.1 Å². The molecule has 2 rings (SSSR count). The maximum Gasteiger partial charge on any atom is 0.121 e. The van der Waals surface area contributed by atoms with E-state index in [4.69, 9.17) is 4.74 Å². The predicted molar refractivity (Wildman–Crippen MR) is 85.4 cm³/mol. The Labute approximate surface area is 121 Å². The molecule has 0 aliphatic heterocycles. The number of hydrogen-bond acceptors (Lipinski definition) is 2. The fraction of sp³-hybridized carbons (Fsp3) is 0.333. The van der Waals surface area contributed by atoms with Gasteiger partial charge in [-0.05, 0) is 38.0 Å². The van der Waals surface area contributed by atoms with Gasteiger partial charge in [0.2, 0.25) is 0 Å². The first kappa shape index (κ1) is 14.4. The number of benzene rings is 2. The third-order valence-electron chi connectivity index (χ3n) is 3.27. The topological polar surface area (TPSA) is 21.3 Å². The molecule has 0 amide bonds. The van der Waals surface area contributed by atoms with Crippen LogP contribution in [0.1, 0.15) is 37.4 Å².